The number of nitrogens with zero attached hydrogens (tertiary/aromatic N) is 2. The Hall–Kier alpha value is -2.31. The highest BCUT2D eigenvalue weighted by Crippen LogP contribution is 2.21. The van der Waals surface area contributed by atoms with Gasteiger partial charge in [-0.2, -0.15) is 4.31 Å². The molecule has 9 nitrogen and oxygen atoms in total. The highest BCUT2D eigenvalue weighted by Gasteiger charge is 2.32. The van der Waals surface area contributed by atoms with Crippen LogP contribution in [0.25, 0.3) is 0 Å². The second-order valence-electron chi connectivity index (χ2n) is 6.29. The maximum absolute atomic E-state index is 13.8. The third-order valence-corrected chi connectivity index (χ3v) is 6.21. The number of benzene rings is 1. The minimum absolute atomic E-state index is 0.0524. The molecule has 1 heterocycles. The largest absolute Gasteiger partial charge is 0.383 e. The smallest absolute Gasteiger partial charge is 0.317 e. The molecule has 0 saturated carbocycles. The van der Waals surface area contributed by atoms with Crippen LogP contribution in [0.15, 0.2) is 23.1 Å². The highest BCUT2D eigenvalue weighted by atomic mass is 32.2. The Morgan fingerprint density at radius 2 is 1.79 bits per heavy atom. The number of nitrogens with one attached hydrogen (secondary N) is 2. The molecule has 1 saturated heterocycles. The van der Waals surface area contributed by atoms with Crippen molar-refractivity contribution in [3.63, 3.8) is 0 Å². The molecule has 0 radical (unpaired) electrons. The summed E-state index contributed by atoms with van der Waals surface area (Å²) in [7, 11) is -2.69. The number of sulfonamides is 1. The van der Waals surface area contributed by atoms with Gasteiger partial charge in [0.15, 0.2) is 0 Å². The molecule has 0 aliphatic carbocycles. The molecule has 1 aliphatic rings. The Labute approximate surface area is 168 Å². The van der Waals surface area contributed by atoms with E-state index in [1.165, 1.54) is 12.0 Å². The van der Waals surface area contributed by atoms with Crippen LogP contribution < -0.4 is 10.6 Å². The number of halogens is 2. The van der Waals surface area contributed by atoms with Gasteiger partial charge in [-0.15, -0.1) is 0 Å². The molecule has 162 valence electrons. The molecule has 1 aromatic rings. The SMILES string of the molecule is COCCNC(=O)CCNC(=O)N1CCN(S(=O)(=O)c2cc(F)ccc2F)CC1. The lowest BCUT2D eigenvalue weighted by Gasteiger charge is -2.34. The zero-order valence-electron chi connectivity index (χ0n) is 16.0. The predicted molar refractivity (Wildman–Crippen MR) is 99.6 cm³/mol. The third-order valence-electron chi connectivity index (χ3n) is 4.29. The molecule has 29 heavy (non-hydrogen) atoms. The van der Waals surface area contributed by atoms with Gasteiger partial charge in [0.25, 0.3) is 0 Å². The molecular formula is C17H24F2N4O5S. The number of amides is 3. The second-order valence-corrected chi connectivity index (χ2v) is 8.20. The van der Waals surface area contributed by atoms with E-state index in [-0.39, 0.29) is 45.1 Å². The Bertz CT molecular complexity index is 829. The summed E-state index contributed by atoms with van der Waals surface area (Å²) in [6, 6.07) is 1.82. The maximum Gasteiger partial charge on any atom is 0.317 e. The van der Waals surface area contributed by atoms with Crippen molar-refractivity contribution in [3.05, 3.63) is 29.8 Å². The van der Waals surface area contributed by atoms with Gasteiger partial charge in [0.1, 0.15) is 16.5 Å². The monoisotopic (exact) mass is 434 g/mol. The van der Waals surface area contributed by atoms with E-state index in [4.69, 9.17) is 4.74 Å². The van der Waals surface area contributed by atoms with Crippen molar-refractivity contribution in [2.24, 2.45) is 0 Å². The van der Waals surface area contributed by atoms with Gasteiger partial charge in [0.05, 0.1) is 6.61 Å². The van der Waals surface area contributed by atoms with Crippen LogP contribution in [0.3, 0.4) is 0 Å². The van der Waals surface area contributed by atoms with Crippen LogP contribution in [-0.2, 0) is 19.6 Å². The minimum atomic E-state index is -4.21. The number of methoxy groups -OCH3 is 1. The predicted octanol–water partition coefficient (Wildman–Crippen LogP) is 0.133. The summed E-state index contributed by atoms with van der Waals surface area (Å²) in [6.07, 6.45) is 0.0998. The summed E-state index contributed by atoms with van der Waals surface area (Å²) >= 11 is 0. The molecule has 1 aliphatic heterocycles. The van der Waals surface area contributed by atoms with Gasteiger partial charge in [-0.1, -0.05) is 0 Å². The summed E-state index contributed by atoms with van der Waals surface area (Å²) in [6.45, 7) is 0.970. The molecule has 0 unspecified atom stereocenters. The number of carbonyl (C=O) groups is 2. The van der Waals surface area contributed by atoms with E-state index in [9.17, 15) is 26.8 Å². The first-order valence-electron chi connectivity index (χ1n) is 8.99. The zero-order chi connectivity index (χ0) is 21.4. The summed E-state index contributed by atoms with van der Waals surface area (Å²) in [4.78, 5) is 24.4. The molecular weight excluding hydrogens is 410 g/mol. The van der Waals surface area contributed by atoms with E-state index in [0.29, 0.717) is 19.2 Å². The van der Waals surface area contributed by atoms with Crippen molar-refractivity contribution < 1.29 is 31.5 Å². The van der Waals surface area contributed by atoms with Crippen molar-refractivity contribution in [1.82, 2.24) is 19.8 Å². The van der Waals surface area contributed by atoms with Crippen LogP contribution in [0, 0.1) is 11.6 Å². The lowest BCUT2D eigenvalue weighted by molar-refractivity contribution is -0.121. The zero-order valence-corrected chi connectivity index (χ0v) is 16.8. The fourth-order valence-corrected chi connectivity index (χ4v) is 4.22. The van der Waals surface area contributed by atoms with Gasteiger partial charge in [0.2, 0.25) is 15.9 Å². The first kappa shape index (κ1) is 23.0. The van der Waals surface area contributed by atoms with Crippen molar-refractivity contribution in [3.8, 4) is 0 Å². The van der Waals surface area contributed by atoms with Crippen LogP contribution in [0.1, 0.15) is 6.42 Å². The van der Waals surface area contributed by atoms with Crippen LogP contribution >= 0.6 is 0 Å². The van der Waals surface area contributed by atoms with E-state index >= 15 is 0 Å². The summed E-state index contributed by atoms with van der Waals surface area (Å²) in [5, 5.41) is 5.22. The van der Waals surface area contributed by atoms with Crippen molar-refractivity contribution in [1.29, 1.82) is 0 Å². The molecule has 12 heteroatoms. The summed E-state index contributed by atoms with van der Waals surface area (Å²) in [5.74, 6) is -2.11. The standard InChI is InChI=1S/C17H24F2N4O5S/c1-28-11-6-20-16(24)4-5-21-17(25)22-7-9-23(10-8-22)29(26,27)15-12-13(18)2-3-14(15)19/h2-3,12H,4-11H2,1H3,(H,20,24)(H,21,25). The number of urea groups is 1. The quantitative estimate of drug-likeness (QED) is 0.566. The number of ether oxygens (including phenoxy) is 1. The summed E-state index contributed by atoms with van der Waals surface area (Å²) < 4.78 is 58.1. The van der Waals surface area contributed by atoms with E-state index in [0.717, 1.165) is 16.4 Å². The van der Waals surface area contributed by atoms with Gasteiger partial charge < -0.3 is 20.3 Å². The van der Waals surface area contributed by atoms with E-state index in [2.05, 4.69) is 10.6 Å². The number of piperazine rings is 1. The minimum Gasteiger partial charge on any atom is -0.383 e. The molecule has 1 aromatic carbocycles. The molecule has 0 bridgehead atoms. The van der Waals surface area contributed by atoms with Crippen LogP contribution in [-0.4, -0.2) is 82.5 Å². The molecule has 3 amide bonds. The van der Waals surface area contributed by atoms with Gasteiger partial charge in [0, 0.05) is 52.8 Å². The highest BCUT2D eigenvalue weighted by molar-refractivity contribution is 7.89. The molecule has 2 rings (SSSR count). The Morgan fingerprint density at radius 3 is 2.45 bits per heavy atom. The van der Waals surface area contributed by atoms with E-state index in [1.807, 2.05) is 0 Å². The first-order valence-corrected chi connectivity index (χ1v) is 10.4. The van der Waals surface area contributed by atoms with E-state index in [1.54, 1.807) is 0 Å². The molecule has 0 aromatic heterocycles. The Kier molecular flexibility index (Phi) is 8.29. The van der Waals surface area contributed by atoms with Crippen molar-refractivity contribution >= 4 is 22.0 Å². The lowest BCUT2D eigenvalue weighted by Crippen LogP contribution is -2.53. The van der Waals surface area contributed by atoms with Gasteiger partial charge in [-0.25, -0.2) is 22.0 Å². The van der Waals surface area contributed by atoms with Crippen molar-refractivity contribution in [2.45, 2.75) is 11.3 Å². The molecule has 0 spiro atoms. The maximum atomic E-state index is 13.8. The van der Waals surface area contributed by atoms with E-state index < -0.39 is 32.6 Å². The average Bonchev–Trinajstić information content (AvgIpc) is 2.70. The Balaban J connectivity index is 1.81. The first-order chi connectivity index (χ1) is 13.8. The average molecular weight is 434 g/mol. The normalized spacial score (nSPS) is 15.2. The second kappa shape index (κ2) is 10.5. The number of rotatable bonds is 8. The number of carbonyl (C=O) groups excluding carboxylic acids is 2. The molecule has 1 fully saturated rings. The topological polar surface area (TPSA) is 108 Å². The van der Waals surface area contributed by atoms with Crippen LogP contribution in [0.5, 0.6) is 0 Å². The van der Waals surface area contributed by atoms with Crippen LogP contribution in [0.4, 0.5) is 13.6 Å². The van der Waals surface area contributed by atoms with Gasteiger partial charge in [-0.3, -0.25) is 4.79 Å². The fourth-order valence-electron chi connectivity index (χ4n) is 2.72. The molecule has 2 N–H and O–H groups in total. The van der Waals surface area contributed by atoms with Gasteiger partial charge >= 0.3 is 6.03 Å². The lowest BCUT2D eigenvalue weighted by atomic mass is 10.3. The fraction of sp³-hybridized carbons (Fsp3) is 0.529. The third kappa shape index (κ3) is 6.34. The number of hydrogen-bond acceptors (Lipinski definition) is 5. The summed E-state index contributed by atoms with van der Waals surface area (Å²) in [5.41, 5.74) is 0. The van der Waals surface area contributed by atoms with Gasteiger partial charge in [-0.05, 0) is 18.2 Å². The number of hydrogen-bond donors (Lipinski definition) is 2. The van der Waals surface area contributed by atoms with Crippen molar-refractivity contribution in [2.75, 3.05) is 53.0 Å². The van der Waals surface area contributed by atoms with Crippen LogP contribution in [0.2, 0.25) is 0 Å². The molecule has 0 atom stereocenters. The Morgan fingerprint density at radius 1 is 1.10 bits per heavy atom.